The number of nitrogens with zero attached hydrogens (tertiary/aromatic N) is 1. The number of hydrogen-bond acceptors (Lipinski definition) is 4. The van der Waals surface area contributed by atoms with E-state index in [1.165, 1.54) is 19.3 Å². The summed E-state index contributed by atoms with van der Waals surface area (Å²) in [5, 5.41) is 3.02. The maximum Gasteiger partial charge on any atom is 0.260 e. The molecule has 1 aromatic carbocycles. The summed E-state index contributed by atoms with van der Waals surface area (Å²) in [6.45, 7) is 4.35. The van der Waals surface area contributed by atoms with Crippen LogP contribution in [-0.4, -0.2) is 36.5 Å². The van der Waals surface area contributed by atoms with Gasteiger partial charge in [0.1, 0.15) is 11.5 Å². The van der Waals surface area contributed by atoms with Gasteiger partial charge in [0, 0.05) is 11.0 Å². The van der Waals surface area contributed by atoms with E-state index in [4.69, 9.17) is 9.15 Å². The second kappa shape index (κ2) is 9.24. The average molecular weight is 421 g/mol. The van der Waals surface area contributed by atoms with Gasteiger partial charge in [-0.25, -0.2) is 0 Å². The van der Waals surface area contributed by atoms with E-state index in [0.717, 1.165) is 23.3 Å². The van der Waals surface area contributed by atoms with Gasteiger partial charge < -0.3 is 14.5 Å². The third-order valence-corrected chi connectivity index (χ3v) is 5.20. The standard InChI is InChI=1S/C20H25BrN2O3/c1-15(26-17-9-7-16(21)8-10-17)20(24)22-14-18(19-6-5-13-25-19)23-11-3-2-4-12-23/h5-10,13,15,18H,2-4,11-12,14H2,1H3,(H,22,24)/t15-,18+/m0/s1. The molecule has 5 nitrogen and oxygen atoms in total. The highest BCUT2D eigenvalue weighted by Gasteiger charge is 2.26. The molecule has 1 amide bonds. The molecule has 1 fully saturated rings. The van der Waals surface area contributed by atoms with E-state index in [1.54, 1.807) is 13.2 Å². The summed E-state index contributed by atoms with van der Waals surface area (Å²) in [6.07, 6.45) is 4.77. The van der Waals surface area contributed by atoms with Crippen LogP contribution >= 0.6 is 15.9 Å². The fraction of sp³-hybridized carbons (Fsp3) is 0.450. The fourth-order valence-electron chi connectivity index (χ4n) is 3.23. The number of benzene rings is 1. The van der Waals surface area contributed by atoms with Gasteiger partial charge in [0.2, 0.25) is 0 Å². The molecule has 3 rings (SSSR count). The molecular weight excluding hydrogens is 396 g/mol. The van der Waals surface area contributed by atoms with Crippen LogP contribution in [0.15, 0.2) is 51.6 Å². The summed E-state index contributed by atoms with van der Waals surface area (Å²) in [6, 6.07) is 11.4. The fourth-order valence-corrected chi connectivity index (χ4v) is 3.50. The zero-order chi connectivity index (χ0) is 18.4. The topological polar surface area (TPSA) is 54.7 Å². The van der Waals surface area contributed by atoms with Crippen molar-refractivity contribution in [2.24, 2.45) is 0 Å². The van der Waals surface area contributed by atoms with Gasteiger partial charge in [0.05, 0.1) is 12.3 Å². The number of rotatable bonds is 7. The third kappa shape index (κ3) is 5.11. The lowest BCUT2D eigenvalue weighted by Gasteiger charge is -2.33. The van der Waals surface area contributed by atoms with Crippen LogP contribution < -0.4 is 10.1 Å². The second-order valence-corrected chi connectivity index (χ2v) is 7.50. The van der Waals surface area contributed by atoms with Crippen molar-refractivity contribution in [1.29, 1.82) is 0 Å². The predicted octanol–water partition coefficient (Wildman–Crippen LogP) is 4.15. The van der Waals surface area contributed by atoms with Crippen LogP contribution in [0.4, 0.5) is 0 Å². The summed E-state index contributed by atoms with van der Waals surface area (Å²) in [7, 11) is 0. The minimum atomic E-state index is -0.560. The van der Waals surface area contributed by atoms with Crippen molar-refractivity contribution in [2.45, 2.75) is 38.3 Å². The smallest absolute Gasteiger partial charge is 0.260 e. The lowest BCUT2D eigenvalue weighted by atomic mass is 10.1. The summed E-state index contributed by atoms with van der Waals surface area (Å²) in [4.78, 5) is 14.9. The number of hydrogen-bond donors (Lipinski definition) is 1. The molecule has 0 spiro atoms. The first-order chi connectivity index (χ1) is 12.6. The van der Waals surface area contributed by atoms with Crippen molar-refractivity contribution in [3.05, 3.63) is 52.9 Å². The van der Waals surface area contributed by atoms with Crippen LogP contribution in [-0.2, 0) is 4.79 Å². The summed E-state index contributed by atoms with van der Waals surface area (Å²) >= 11 is 3.39. The maximum absolute atomic E-state index is 12.5. The van der Waals surface area contributed by atoms with Crippen LogP contribution in [0, 0.1) is 0 Å². The molecule has 2 heterocycles. The Balaban J connectivity index is 1.57. The molecule has 0 bridgehead atoms. The zero-order valence-electron chi connectivity index (χ0n) is 15.0. The number of furan rings is 1. The van der Waals surface area contributed by atoms with Crippen molar-refractivity contribution in [3.63, 3.8) is 0 Å². The van der Waals surface area contributed by atoms with Gasteiger partial charge in [-0.3, -0.25) is 9.69 Å². The molecular formula is C20H25BrN2O3. The van der Waals surface area contributed by atoms with E-state index in [2.05, 4.69) is 26.1 Å². The molecule has 0 unspecified atom stereocenters. The average Bonchev–Trinajstić information content (AvgIpc) is 3.19. The van der Waals surface area contributed by atoms with Crippen molar-refractivity contribution < 1.29 is 13.9 Å². The Morgan fingerprint density at radius 2 is 1.96 bits per heavy atom. The molecule has 26 heavy (non-hydrogen) atoms. The maximum atomic E-state index is 12.5. The highest BCUT2D eigenvalue weighted by molar-refractivity contribution is 9.10. The highest BCUT2D eigenvalue weighted by atomic mass is 79.9. The number of halogens is 1. The first-order valence-corrected chi connectivity index (χ1v) is 9.90. The van der Waals surface area contributed by atoms with E-state index < -0.39 is 6.10 Å². The molecule has 140 valence electrons. The summed E-state index contributed by atoms with van der Waals surface area (Å²) in [5.41, 5.74) is 0. The van der Waals surface area contributed by atoms with E-state index in [-0.39, 0.29) is 11.9 Å². The molecule has 1 aliphatic heterocycles. The monoisotopic (exact) mass is 420 g/mol. The van der Waals surface area contributed by atoms with E-state index in [0.29, 0.717) is 12.3 Å². The van der Waals surface area contributed by atoms with E-state index in [9.17, 15) is 4.79 Å². The Morgan fingerprint density at radius 1 is 1.23 bits per heavy atom. The number of carbonyl (C=O) groups excluding carboxylic acids is 1. The molecule has 1 saturated heterocycles. The molecule has 0 radical (unpaired) electrons. The van der Waals surface area contributed by atoms with Crippen molar-refractivity contribution in [2.75, 3.05) is 19.6 Å². The van der Waals surface area contributed by atoms with Crippen molar-refractivity contribution in [1.82, 2.24) is 10.2 Å². The van der Waals surface area contributed by atoms with E-state index in [1.807, 2.05) is 36.4 Å². The van der Waals surface area contributed by atoms with Gasteiger partial charge in [-0.05, 0) is 69.3 Å². The van der Waals surface area contributed by atoms with E-state index >= 15 is 0 Å². The predicted molar refractivity (Wildman–Crippen MR) is 104 cm³/mol. The Hall–Kier alpha value is -1.79. The van der Waals surface area contributed by atoms with Gasteiger partial charge in [-0.1, -0.05) is 22.4 Å². The molecule has 0 aliphatic carbocycles. The lowest BCUT2D eigenvalue weighted by molar-refractivity contribution is -0.127. The number of ether oxygens (including phenoxy) is 1. The molecule has 2 aromatic rings. The van der Waals surface area contributed by atoms with Crippen LogP contribution in [0.25, 0.3) is 0 Å². The second-order valence-electron chi connectivity index (χ2n) is 6.59. The lowest BCUT2D eigenvalue weighted by Crippen LogP contribution is -2.43. The van der Waals surface area contributed by atoms with Gasteiger partial charge in [0.25, 0.3) is 5.91 Å². The minimum absolute atomic E-state index is 0.0640. The Morgan fingerprint density at radius 3 is 2.62 bits per heavy atom. The Labute approximate surface area is 162 Å². The van der Waals surface area contributed by atoms with Crippen LogP contribution in [0.2, 0.25) is 0 Å². The Kier molecular flexibility index (Phi) is 6.74. The highest BCUT2D eigenvalue weighted by Crippen LogP contribution is 2.24. The normalized spacial score (nSPS) is 17.5. The zero-order valence-corrected chi connectivity index (χ0v) is 16.6. The quantitative estimate of drug-likeness (QED) is 0.730. The number of piperidine rings is 1. The number of nitrogens with one attached hydrogen (secondary N) is 1. The molecule has 2 atom stereocenters. The van der Waals surface area contributed by atoms with Gasteiger partial charge in [0.15, 0.2) is 6.10 Å². The van der Waals surface area contributed by atoms with Gasteiger partial charge in [-0.15, -0.1) is 0 Å². The van der Waals surface area contributed by atoms with Gasteiger partial charge >= 0.3 is 0 Å². The number of likely N-dealkylation sites (tertiary alicyclic amines) is 1. The first-order valence-electron chi connectivity index (χ1n) is 9.11. The van der Waals surface area contributed by atoms with Crippen LogP contribution in [0.3, 0.4) is 0 Å². The minimum Gasteiger partial charge on any atom is -0.481 e. The van der Waals surface area contributed by atoms with Crippen molar-refractivity contribution >= 4 is 21.8 Å². The molecule has 1 aliphatic rings. The number of amides is 1. The summed E-state index contributed by atoms with van der Waals surface area (Å²) < 4.78 is 12.3. The summed E-state index contributed by atoms with van der Waals surface area (Å²) in [5.74, 6) is 1.45. The first kappa shape index (κ1) is 19.0. The number of carbonyl (C=O) groups is 1. The molecule has 1 N–H and O–H groups in total. The molecule has 6 heteroatoms. The van der Waals surface area contributed by atoms with Crippen LogP contribution in [0.5, 0.6) is 5.75 Å². The molecule has 1 aromatic heterocycles. The van der Waals surface area contributed by atoms with Gasteiger partial charge in [-0.2, -0.15) is 0 Å². The third-order valence-electron chi connectivity index (χ3n) is 4.67. The Bertz CT molecular complexity index is 682. The largest absolute Gasteiger partial charge is 0.481 e. The van der Waals surface area contributed by atoms with Crippen molar-refractivity contribution in [3.8, 4) is 5.75 Å². The SMILES string of the molecule is C[C@H](Oc1ccc(Br)cc1)C(=O)NC[C@H](c1ccco1)N1CCCCC1. The van der Waals surface area contributed by atoms with Crippen LogP contribution in [0.1, 0.15) is 38.0 Å². The molecule has 0 saturated carbocycles.